The second-order valence-electron chi connectivity index (χ2n) is 10.3. The van der Waals surface area contributed by atoms with Gasteiger partial charge in [-0.15, -0.1) is 11.3 Å². The van der Waals surface area contributed by atoms with Crippen molar-refractivity contribution in [2.24, 2.45) is 11.3 Å². The third-order valence-electron chi connectivity index (χ3n) is 7.00. The van der Waals surface area contributed by atoms with Gasteiger partial charge in [0, 0.05) is 31.1 Å². The number of hydrogen-bond donors (Lipinski definition) is 1. The van der Waals surface area contributed by atoms with Gasteiger partial charge in [-0.3, -0.25) is 9.69 Å². The summed E-state index contributed by atoms with van der Waals surface area (Å²) in [5.74, 6) is -0.145. The Morgan fingerprint density at radius 3 is 2.46 bits per heavy atom. The van der Waals surface area contributed by atoms with E-state index in [2.05, 4.69) is 32.2 Å². The summed E-state index contributed by atoms with van der Waals surface area (Å²) < 4.78 is 40.1. The molecular formula is C25H31FN4O3S2. The minimum absolute atomic E-state index is 0.0597. The van der Waals surface area contributed by atoms with Crippen molar-refractivity contribution in [2.75, 3.05) is 38.0 Å². The van der Waals surface area contributed by atoms with Gasteiger partial charge in [-0.2, -0.15) is 9.57 Å². The first-order chi connectivity index (χ1) is 16.5. The van der Waals surface area contributed by atoms with Crippen molar-refractivity contribution in [3.8, 4) is 6.07 Å². The highest BCUT2D eigenvalue weighted by Gasteiger charge is 2.33. The molecule has 1 amide bonds. The number of nitrogens with zero attached hydrogens (tertiary/aromatic N) is 3. The molecule has 2 heterocycles. The van der Waals surface area contributed by atoms with Crippen molar-refractivity contribution in [1.82, 2.24) is 9.21 Å². The number of halogens is 1. The van der Waals surface area contributed by atoms with Crippen LogP contribution < -0.4 is 5.32 Å². The second kappa shape index (κ2) is 9.97. The molecular weight excluding hydrogens is 487 g/mol. The fraction of sp³-hybridized carbons (Fsp3) is 0.520. The number of amides is 1. The second-order valence-corrected chi connectivity index (χ2v) is 13.4. The van der Waals surface area contributed by atoms with Gasteiger partial charge in [0.2, 0.25) is 15.9 Å². The molecule has 0 spiro atoms. The lowest BCUT2D eigenvalue weighted by Crippen LogP contribution is -2.50. The average molecular weight is 519 g/mol. The maximum atomic E-state index is 13.2. The summed E-state index contributed by atoms with van der Waals surface area (Å²) in [6.07, 6.45) is 2.83. The van der Waals surface area contributed by atoms with Crippen LogP contribution in [-0.4, -0.2) is 56.3 Å². The van der Waals surface area contributed by atoms with E-state index >= 15 is 0 Å². The summed E-state index contributed by atoms with van der Waals surface area (Å²) >= 11 is 1.51. The first-order valence-electron chi connectivity index (χ1n) is 11.8. The Morgan fingerprint density at radius 2 is 1.86 bits per heavy atom. The molecule has 1 aromatic heterocycles. The van der Waals surface area contributed by atoms with Crippen LogP contribution in [0, 0.1) is 28.5 Å². The molecule has 0 bridgehead atoms. The van der Waals surface area contributed by atoms with Gasteiger partial charge in [-0.25, -0.2) is 12.8 Å². The van der Waals surface area contributed by atoms with Crippen LogP contribution in [0.1, 0.15) is 43.2 Å². The number of anilines is 1. The number of rotatable bonds is 5. The molecule has 2 aromatic rings. The number of carbonyl (C=O) groups is 1. The molecule has 0 radical (unpaired) electrons. The van der Waals surface area contributed by atoms with Crippen LogP contribution in [0.25, 0.3) is 0 Å². The summed E-state index contributed by atoms with van der Waals surface area (Å²) in [5, 5.41) is 13.3. The number of hydrogen-bond acceptors (Lipinski definition) is 6. The number of sulfonamides is 1. The zero-order chi connectivity index (χ0) is 25.4. The Hall–Kier alpha value is -2.32. The van der Waals surface area contributed by atoms with E-state index in [9.17, 15) is 22.9 Å². The fourth-order valence-corrected chi connectivity index (χ4v) is 7.50. The quantitative estimate of drug-likeness (QED) is 0.649. The van der Waals surface area contributed by atoms with Gasteiger partial charge in [-0.1, -0.05) is 20.8 Å². The Morgan fingerprint density at radius 1 is 1.20 bits per heavy atom. The lowest BCUT2D eigenvalue weighted by atomic mass is 9.72. The van der Waals surface area contributed by atoms with Crippen LogP contribution in [0.3, 0.4) is 0 Å². The summed E-state index contributed by atoms with van der Waals surface area (Å²) in [6.45, 7) is 8.18. The van der Waals surface area contributed by atoms with Crippen molar-refractivity contribution in [3.63, 3.8) is 0 Å². The SMILES string of the molecule is CC(C)(C)C1CCc2c(sc(NC(=O)CN3CCN(S(=O)(=O)c4ccc(F)cc4)CC3)c2C#N)C1. The number of fused-ring (bicyclic) bond motifs is 1. The minimum atomic E-state index is -3.70. The number of nitriles is 1. The van der Waals surface area contributed by atoms with Crippen molar-refractivity contribution in [3.05, 3.63) is 46.1 Å². The van der Waals surface area contributed by atoms with Crippen LogP contribution in [0.5, 0.6) is 0 Å². The zero-order valence-corrected chi connectivity index (χ0v) is 21.9. The lowest BCUT2D eigenvalue weighted by molar-refractivity contribution is -0.117. The van der Waals surface area contributed by atoms with E-state index in [1.807, 2.05) is 4.90 Å². The van der Waals surface area contributed by atoms with Crippen LogP contribution in [-0.2, 0) is 27.7 Å². The molecule has 1 atom stereocenters. The zero-order valence-electron chi connectivity index (χ0n) is 20.3. The standard InChI is InChI=1S/C25H31FN4O3S2/c1-25(2,3)17-4-9-20-21(15-27)24(34-22(20)14-17)28-23(31)16-29-10-12-30(13-11-29)35(32,33)19-7-5-18(26)6-8-19/h5-8,17H,4,9-14,16H2,1-3H3,(H,28,31). The molecule has 1 aliphatic carbocycles. The third kappa shape index (κ3) is 5.59. The van der Waals surface area contributed by atoms with Gasteiger partial charge in [0.05, 0.1) is 17.0 Å². The topological polar surface area (TPSA) is 93.5 Å². The molecule has 188 valence electrons. The lowest BCUT2D eigenvalue weighted by Gasteiger charge is -2.33. The molecule has 4 rings (SSSR count). The summed E-state index contributed by atoms with van der Waals surface area (Å²) in [5.41, 5.74) is 1.86. The molecule has 1 aliphatic heterocycles. The monoisotopic (exact) mass is 518 g/mol. The van der Waals surface area contributed by atoms with E-state index in [1.54, 1.807) is 0 Å². The van der Waals surface area contributed by atoms with E-state index in [0.717, 1.165) is 37.0 Å². The fourth-order valence-electron chi connectivity index (χ4n) is 4.78. The molecule has 1 aromatic carbocycles. The molecule has 1 fully saturated rings. The molecule has 0 saturated carbocycles. The van der Waals surface area contributed by atoms with E-state index in [-0.39, 0.29) is 35.9 Å². The third-order valence-corrected chi connectivity index (χ3v) is 10.1. The van der Waals surface area contributed by atoms with Crippen molar-refractivity contribution in [1.29, 1.82) is 5.26 Å². The van der Waals surface area contributed by atoms with Gasteiger partial charge >= 0.3 is 0 Å². The molecule has 7 nitrogen and oxygen atoms in total. The van der Waals surface area contributed by atoms with Crippen LogP contribution in [0.15, 0.2) is 29.2 Å². The molecule has 1 N–H and O–H groups in total. The van der Waals surface area contributed by atoms with E-state index in [0.29, 0.717) is 29.6 Å². The van der Waals surface area contributed by atoms with Crippen LogP contribution in [0.2, 0.25) is 0 Å². The number of thiophene rings is 1. The molecule has 2 aliphatic rings. The van der Waals surface area contributed by atoms with E-state index in [4.69, 9.17) is 0 Å². The van der Waals surface area contributed by atoms with Crippen LogP contribution >= 0.6 is 11.3 Å². The van der Waals surface area contributed by atoms with Crippen molar-refractivity contribution in [2.45, 2.75) is 44.9 Å². The largest absolute Gasteiger partial charge is 0.315 e. The predicted molar refractivity (Wildman–Crippen MR) is 134 cm³/mol. The Kier molecular flexibility index (Phi) is 7.34. The molecule has 1 unspecified atom stereocenters. The minimum Gasteiger partial charge on any atom is -0.315 e. The maximum Gasteiger partial charge on any atom is 0.243 e. The first kappa shape index (κ1) is 25.8. The summed E-state index contributed by atoms with van der Waals surface area (Å²) in [7, 11) is -3.70. The summed E-state index contributed by atoms with van der Waals surface area (Å²) in [4.78, 5) is 16.0. The smallest absolute Gasteiger partial charge is 0.243 e. The summed E-state index contributed by atoms with van der Waals surface area (Å²) in [6, 6.07) is 7.09. The van der Waals surface area contributed by atoms with Crippen molar-refractivity contribution < 1.29 is 17.6 Å². The number of benzene rings is 1. The Balaban J connectivity index is 1.35. The predicted octanol–water partition coefficient (Wildman–Crippen LogP) is 3.85. The number of nitrogens with one attached hydrogen (secondary N) is 1. The highest BCUT2D eigenvalue weighted by molar-refractivity contribution is 7.89. The highest BCUT2D eigenvalue weighted by atomic mass is 32.2. The highest BCUT2D eigenvalue weighted by Crippen LogP contribution is 2.44. The number of piperazine rings is 1. The van der Waals surface area contributed by atoms with Gasteiger partial charge in [0.25, 0.3) is 0 Å². The van der Waals surface area contributed by atoms with Crippen molar-refractivity contribution >= 4 is 32.3 Å². The van der Waals surface area contributed by atoms with E-state index < -0.39 is 15.8 Å². The maximum absolute atomic E-state index is 13.2. The van der Waals surface area contributed by atoms with E-state index in [1.165, 1.54) is 32.7 Å². The Bertz CT molecular complexity index is 1240. The average Bonchev–Trinajstić information content (AvgIpc) is 3.15. The van der Waals surface area contributed by atoms with Gasteiger partial charge in [-0.05, 0) is 60.4 Å². The van der Waals surface area contributed by atoms with Gasteiger partial charge in [0.15, 0.2) is 0 Å². The van der Waals surface area contributed by atoms with Gasteiger partial charge in [0.1, 0.15) is 16.9 Å². The van der Waals surface area contributed by atoms with Gasteiger partial charge < -0.3 is 5.32 Å². The molecule has 35 heavy (non-hydrogen) atoms. The normalized spacial score (nSPS) is 19.7. The first-order valence-corrected chi connectivity index (χ1v) is 14.1. The Labute approximate surface area is 210 Å². The van der Waals surface area contributed by atoms with Crippen LogP contribution in [0.4, 0.5) is 9.39 Å². The molecule has 10 heteroatoms. The number of carbonyl (C=O) groups excluding carboxylic acids is 1. The molecule has 1 saturated heterocycles.